The molecule has 1 aromatic rings. The molecule has 1 saturated heterocycles. The molecule has 0 saturated carbocycles. The number of hydrogen-bond acceptors (Lipinski definition) is 3. The van der Waals surface area contributed by atoms with Crippen LogP contribution < -0.4 is 10.1 Å². The van der Waals surface area contributed by atoms with E-state index in [4.69, 9.17) is 4.74 Å². The summed E-state index contributed by atoms with van der Waals surface area (Å²) in [5.74, 6) is 0.978. The first kappa shape index (κ1) is 13.4. The summed E-state index contributed by atoms with van der Waals surface area (Å²) in [6.45, 7) is 2.24. The van der Waals surface area contributed by atoms with Crippen molar-refractivity contribution in [3.05, 3.63) is 29.8 Å². The number of benzene rings is 1. The summed E-state index contributed by atoms with van der Waals surface area (Å²) in [5.41, 5.74) is 1.05. The lowest BCUT2D eigenvalue weighted by Gasteiger charge is -2.37. The van der Waals surface area contributed by atoms with E-state index in [2.05, 4.69) is 10.2 Å². The van der Waals surface area contributed by atoms with E-state index >= 15 is 0 Å². The van der Waals surface area contributed by atoms with E-state index in [9.17, 15) is 4.79 Å². The molecule has 2 atom stereocenters. The van der Waals surface area contributed by atoms with E-state index in [0.717, 1.165) is 37.2 Å². The van der Waals surface area contributed by atoms with Gasteiger partial charge in [-0.2, -0.15) is 0 Å². The molecule has 3 rings (SSSR count). The number of para-hydroxylation sites is 1. The molecule has 1 amide bonds. The zero-order valence-corrected chi connectivity index (χ0v) is 12.0. The lowest BCUT2D eigenvalue weighted by Crippen LogP contribution is -2.49. The predicted molar refractivity (Wildman–Crippen MR) is 78.0 cm³/mol. The third-order valence-electron chi connectivity index (χ3n) is 4.35. The number of fused-ring (bicyclic) bond motifs is 1. The molecule has 2 unspecified atom stereocenters. The third kappa shape index (κ3) is 2.40. The molecule has 2 heterocycles. The molecular weight excluding hydrogens is 252 g/mol. The Kier molecular flexibility index (Phi) is 3.92. The molecule has 108 valence electrons. The van der Waals surface area contributed by atoms with Crippen LogP contribution in [0.4, 0.5) is 0 Å². The molecule has 0 bridgehead atoms. The summed E-state index contributed by atoms with van der Waals surface area (Å²) in [4.78, 5) is 14.9. The number of likely N-dealkylation sites (N-methyl/N-ethyl adjacent to an activating group) is 1. The Labute approximate surface area is 120 Å². The summed E-state index contributed by atoms with van der Waals surface area (Å²) in [6.07, 6.45) is 3.43. The number of piperidine rings is 1. The molecule has 2 aliphatic rings. The van der Waals surface area contributed by atoms with Gasteiger partial charge in [0.05, 0.1) is 0 Å². The number of carbonyl (C=O) groups excluding carboxylic acids is 1. The Morgan fingerprint density at radius 3 is 3.10 bits per heavy atom. The minimum atomic E-state index is -0.122. The molecule has 20 heavy (non-hydrogen) atoms. The standard InChI is InChI=1S/C16H22N2O2/c1-17-10-12-6-4-5-9-18(12)16(19)14-11-20-15-8-3-2-7-13(14)15/h2-3,7-8,12,14,17H,4-6,9-11H2,1H3. The number of nitrogens with zero attached hydrogens (tertiary/aromatic N) is 1. The van der Waals surface area contributed by atoms with Gasteiger partial charge < -0.3 is 15.0 Å². The van der Waals surface area contributed by atoms with Gasteiger partial charge in [-0.3, -0.25) is 4.79 Å². The fourth-order valence-electron chi connectivity index (χ4n) is 3.31. The number of carbonyl (C=O) groups is 1. The van der Waals surface area contributed by atoms with Crippen molar-refractivity contribution in [1.29, 1.82) is 0 Å². The van der Waals surface area contributed by atoms with Crippen LogP contribution in [0, 0.1) is 0 Å². The van der Waals surface area contributed by atoms with Gasteiger partial charge in [0, 0.05) is 24.7 Å². The monoisotopic (exact) mass is 274 g/mol. The summed E-state index contributed by atoms with van der Waals surface area (Å²) < 4.78 is 5.66. The van der Waals surface area contributed by atoms with Crippen molar-refractivity contribution in [2.45, 2.75) is 31.2 Å². The first-order valence-corrected chi connectivity index (χ1v) is 7.48. The molecule has 1 N–H and O–H groups in total. The van der Waals surface area contributed by atoms with Gasteiger partial charge in [0.1, 0.15) is 18.3 Å². The maximum Gasteiger partial charge on any atom is 0.234 e. The van der Waals surface area contributed by atoms with Crippen molar-refractivity contribution in [3.63, 3.8) is 0 Å². The van der Waals surface area contributed by atoms with E-state index < -0.39 is 0 Å². The quantitative estimate of drug-likeness (QED) is 0.913. The number of hydrogen-bond donors (Lipinski definition) is 1. The van der Waals surface area contributed by atoms with Crippen molar-refractivity contribution in [2.24, 2.45) is 0 Å². The zero-order chi connectivity index (χ0) is 13.9. The van der Waals surface area contributed by atoms with Crippen LogP contribution in [0.25, 0.3) is 0 Å². The molecular formula is C16H22N2O2. The third-order valence-corrected chi connectivity index (χ3v) is 4.35. The number of ether oxygens (including phenoxy) is 1. The molecule has 1 fully saturated rings. The van der Waals surface area contributed by atoms with E-state index in [1.807, 2.05) is 31.3 Å². The van der Waals surface area contributed by atoms with Crippen LogP contribution in [-0.2, 0) is 4.79 Å². The van der Waals surface area contributed by atoms with Crippen molar-refractivity contribution < 1.29 is 9.53 Å². The Balaban J connectivity index is 1.78. The van der Waals surface area contributed by atoms with Gasteiger partial charge in [-0.1, -0.05) is 18.2 Å². The van der Waals surface area contributed by atoms with Crippen LogP contribution >= 0.6 is 0 Å². The van der Waals surface area contributed by atoms with Gasteiger partial charge in [-0.15, -0.1) is 0 Å². The molecule has 4 nitrogen and oxygen atoms in total. The summed E-state index contributed by atoms with van der Waals surface area (Å²) in [6, 6.07) is 8.23. The van der Waals surface area contributed by atoms with E-state index in [-0.39, 0.29) is 11.8 Å². The van der Waals surface area contributed by atoms with Crippen LogP contribution in [-0.4, -0.2) is 43.6 Å². The predicted octanol–water partition coefficient (Wildman–Crippen LogP) is 1.76. The van der Waals surface area contributed by atoms with E-state index in [1.54, 1.807) is 0 Å². The molecule has 4 heteroatoms. The average Bonchev–Trinajstić information content (AvgIpc) is 2.91. The minimum Gasteiger partial charge on any atom is -0.492 e. The maximum atomic E-state index is 12.9. The SMILES string of the molecule is CNCC1CCCCN1C(=O)C1COc2ccccc21. The second kappa shape index (κ2) is 5.83. The fourth-order valence-corrected chi connectivity index (χ4v) is 3.31. The van der Waals surface area contributed by atoms with Crippen molar-refractivity contribution in [3.8, 4) is 5.75 Å². The normalized spacial score (nSPS) is 25.1. The number of amides is 1. The molecule has 1 aromatic carbocycles. The van der Waals surface area contributed by atoms with Crippen LogP contribution in [0.3, 0.4) is 0 Å². The highest BCUT2D eigenvalue weighted by molar-refractivity contribution is 5.86. The second-order valence-electron chi connectivity index (χ2n) is 5.64. The topological polar surface area (TPSA) is 41.6 Å². The Hall–Kier alpha value is -1.55. The van der Waals surface area contributed by atoms with Crippen molar-refractivity contribution in [1.82, 2.24) is 10.2 Å². The molecule has 0 aliphatic carbocycles. The first-order valence-electron chi connectivity index (χ1n) is 7.48. The van der Waals surface area contributed by atoms with Crippen LogP contribution in [0.15, 0.2) is 24.3 Å². The molecule has 0 radical (unpaired) electrons. The second-order valence-corrected chi connectivity index (χ2v) is 5.64. The number of nitrogens with one attached hydrogen (secondary N) is 1. The van der Waals surface area contributed by atoms with Crippen molar-refractivity contribution in [2.75, 3.05) is 26.7 Å². The molecule has 0 aromatic heterocycles. The highest BCUT2D eigenvalue weighted by atomic mass is 16.5. The van der Waals surface area contributed by atoms with Gasteiger partial charge in [0.15, 0.2) is 0 Å². The highest BCUT2D eigenvalue weighted by Crippen LogP contribution is 2.35. The van der Waals surface area contributed by atoms with Gasteiger partial charge >= 0.3 is 0 Å². The lowest BCUT2D eigenvalue weighted by molar-refractivity contribution is -0.136. The van der Waals surface area contributed by atoms with Gasteiger partial charge in [-0.05, 0) is 32.4 Å². The molecule has 0 spiro atoms. The average molecular weight is 274 g/mol. The van der Waals surface area contributed by atoms with Crippen LogP contribution in [0.1, 0.15) is 30.7 Å². The number of rotatable bonds is 3. The summed E-state index contributed by atoms with van der Waals surface area (Å²) >= 11 is 0. The fraction of sp³-hybridized carbons (Fsp3) is 0.562. The number of likely N-dealkylation sites (tertiary alicyclic amines) is 1. The Morgan fingerprint density at radius 1 is 1.40 bits per heavy atom. The minimum absolute atomic E-state index is 0.122. The zero-order valence-electron chi connectivity index (χ0n) is 12.0. The maximum absolute atomic E-state index is 12.9. The van der Waals surface area contributed by atoms with Gasteiger partial charge in [0.2, 0.25) is 5.91 Å². The Bertz CT molecular complexity index is 487. The molecule has 2 aliphatic heterocycles. The van der Waals surface area contributed by atoms with E-state index in [0.29, 0.717) is 12.6 Å². The van der Waals surface area contributed by atoms with Crippen LogP contribution in [0.2, 0.25) is 0 Å². The van der Waals surface area contributed by atoms with Gasteiger partial charge in [0.25, 0.3) is 0 Å². The Morgan fingerprint density at radius 2 is 2.25 bits per heavy atom. The largest absolute Gasteiger partial charge is 0.492 e. The first-order chi connectivity index (χ1) is 9.81. The van der Waals surface area contributed by atoms with Crippen molar-refractivity contribution >= 4 is 5.91 Å². The smallest absolute Gasteiger partial charge is 0.234 e. The van der Waals surface area contributed by atoms with Crippen LogP contribution in [0.5, 0.6) is 5.75 Å². The highest BCUT2D eigenvalue weighted by Gasteiger charge is 2.36. The van der Waals surface area contributed by atoms with E-state index in [1.165, 1.54) is 6.42 Å². The van der Waals surface area contributed by atoms with Gasteiger partial charge in [-0.25, -0.2) is 0 Å². The summed E-state index contributed by atoms with van der Waals surface area (Å²) in [5, 5.41) is 3.21. The summed E-state index contributed by atoms with van der Waals surface area (Å²) in [7, 11) is 1.95. The lowest BCUT2D eigenvalue weighted by atomic mass is 9.95.